The van der Waals surface area contributed by atoms with Crippen molar-refractivity contribution < 1.29 is 9.53 Å². The van der Waals surface area contributed by atoms with Gasteiger partial charge in [-0.1, -0.05) is 6.07 Å². The van der Waals surface area contributed by atoms with Crippen LogP contribution in [0.25, 0.3) is 0 Å². The van der Waals surface area contributed by atoms with E-state index < -0.39 is 5.54 Å². The molecule has 1 amide bonds. The molecule has 1 saturated carbocycles. The van der Waals surface area contributed by atoms with Crippen molar-refractivity contribution in [3.63, 3.8) is 0 Å². The normalized spacial score (nSPS) is 16.3. The summed E-state index contributed by atoms with van der Waals surface area (Å²) in [5.41, 5.74) is 6.19. The number of hydrogen-bond acceptors (Lipinski definition) is 4. The molecule has 1 aromatic rings. The number of nitrogens with zero attached hydrogens (tertiary/aromatic N) is 2. The van der Waals surface area contributed by atoms with Crippen molar-refractivity contribution in [2.75, 3.05) is 20.3 Å². The Balaban J connectivity index is 2.03. The summed E-state index contributed by atoms with van der Waals surface area (Å²) in [6.45, 7) is 1.54. The summed E-state index contributed by atoms with van der Waals surface area (Å²) < 4.78 is 5.04. The number of rotatable bonds is 6. The Morgan fingerprint density at radius 2 is 2.33 bits per heavy atom. The van der Waals surface area contributed by atoms with Gasteiger partial charge in [0.2, 0.25) is 5.91 Å². The van der Waals surface area contributed by atoms with E-state index in [1.165, 1.54) is 0 Å². The van der Waals surface area contributed by atoms with E-state index in [0.717, 1.165) is 18.5 Å². The molecule has 1 fully saturated rings. The van der Waals surface area contributed by atoms with Crippen LogP contribution in [0.3, 0.4) is 0 Å². The summed E-state index contributed by atoms with van der Waals surface area (Å²) in [6.07, 6.45) is 3.28. The Morgan fingerprint density at radius 1 is 1.56 bits per heavy atom. The third-order valence-corrected chi connectivity index (χ3v) is 3.15. The lowest BCUT2D eigenvalue weighted by Gasteiger charge is -2.25. The minimum absolute atomic E-state index is 0.00482. The standard InChI is InChI=1S/C13H19N3O2/c1-18-9-8-16(12(17)13(14)5-6-13)10-11-4-2-3-7-15-11/h2-4,7H,5-6,8-10,14H2,1H3. The van der Waals surface area contributed by atoms with E-state index in [1.54, 1.807) is 18.2 Å². The van der Waals surface area contributed by atoms with E-state index in [-0.39, 0.29) is 5.91 Å². The summed E-state index contributed by atoms with van der Waals surface area (Å²) in [5, 5.41) is 0. The monoisotopic (exact) mass is 249 g/mol. The van der Waals surface area contributed by atoms with Crippen molar-refractivity contribution in [2.45, 2.75) is 24.9 Å². The molecule has 5 nitrogen and oxygen atoms in total. The second-order valence-electron chi connectivity index (χ2n) is 4.70. The molecule has 0 aliphatic heterocycles. The Bertz CT molecular complexity index is 404. The molecule has 0 unspecified atom stereocenters. The largest absolute Gasteiger partial charge is 0.383 e. The van der Waals surface area contributed by atoms with Crippen LogP contribution in [0.5, 0.6) is 0 Å². The summed E-state index contributed by atoms with van der Waals surface area (Å²) in [5.74, 6) is 0.00482. The lowest BCUT2D eigenvalue weighted by molar-refractivity contribution is -0.135. The molecule has 2 N–H and O–H groups in total. The Kier molecular flexibility index (Phi) is 3.93. The highest BCUT2D eigenvalue weighted by Crippen LogP contribution is 2.34. The Labute approximate surface area is 107 Å². The molecule has 0 radical (unpaired) electrons. The van der Waals surface area contributed by atoms with Gasteiger partial charge >= 0.3 is 0 Å². The summed E-state index contributed by atoms with van der Waals surface area (Å²) in [6, 6.07) is 5.68. The van der Waals surface area contributed by atoms with Gasteiger partial charge < -0.3 is 15.4 Å². The van der Waals surface area contributed by atoms with E-state index in [0.29, 0.717) is 19.7 Å². The van der Waals surface area contributed by atoms with Crippen LogP contribution in [0.1, 0.15) is 18.5 Å². The Morgan fingerprint density at radius 3 is 2.89 bits per heavy atom. The highest BCUT2D eigenvalue weighted by molar-refractivity contribution is 5.89. The molecule has 1 heterocycles. The highest BCUT2D eigenvalue weighted by atomic mass is 16.5. The fourth-order valence-electron chi connectivity index (χ4n) is 1.80. The van der Waals surface area contributed by atoms with Crippen LogP contribution in [0.4, 0.5) is 0 Å². The van der Waals surface area contributed by atoms with Gasteiger partial charge in [-0.25, -0.2) is 0 Å². The van der Waals surface area contributed by atoms with E-state index in [1.807, 2.05) is 18.2 Å². The van der Waals surface area contributed by atoms with Crippen molar-refractivity contribution in [3.8, 4) is 0 Å². The Hall–Kier alpha value is -1.46. The predicted octanol–water partition coefficient (Wildman–Crippen LogP) is 0.548. The van der Waals surface area contributed by atoms with Crippen molar-refractivity contribution in [3.05, 3.63) is 30.1 Å². The average Bonchev–Trinajstić information content (AvgIpc) is 3.14. The number of amides is 1. The molecule has 0 spiro atoms. The van der Waals surface area contributed by atoms with Gasteiger partial charge in [0, 0.05) is 19.9 Å². The van der Waals surface area contributed by atoms with Crippen LogP contribution in [0, 0.1) is 0 Å². The topological polar surface area (TPSA) is 68.5 Å². The number of ether oxygens (including phenoxy) is 1. The quantitative estimate of drug-likeness (QED) is 0.799. The van der Waals surface area contributed by atoms with Crippen LogP contribution in [0.2, 0.25) is 0 Å². The SMILES string of the molecule is COCCN(Cc1ccccn1)C(=O)C1(N)CC1. The minimum Gasteiger partial charge on any atom is -0.383 e. The highest BCUT2D eigenvalue weighted by Gasteiger charge is 2.48. The molecule has 2 rings (SSSR count). The molecule has 18 heavy (non-hydrogen) atoms. The molecule has 0 bridgehead atoms. The predicted molar refractivity (Wildman–Crippen MR) is 67.7 cm³/mol. The molecular weight excluding hydrogens is 230 g/mol. The van der Waals surface area contributed by atoms with Gasteiger partial charge in [0.15, 0.2) is 0 Å². The van der Waals surface area contributed by atoms with Crippen LogP contribution in [0.15, 0.2) is 24.4 Å². The zero-order valence-electron chi connectivity index (χ0n) is 10.6. The van der Waals surface area contributed by atoms with Crippen LogP contribution in [-0.2, 0) is 16.1 Å². The fourth-order valence-corrected chi connectivity index (χ4v) is 1.80. The lowest BCUT2D eigenvalue weighted by atomic mass is 10.2. The molecular formula is C13H19N3O2. The van der Waals surface area contributed by atoms with Gasteiger partial charge in [-0.3, -0.25) is 9.78 Å². The molecule has 1 aromatic heterocycles. The molecule has 0 atom stereocenters. The van der Waals surface area contributed by atoms with E-state index in [2.05, 4.69) is 4.98 Å². The first-order valence-electron chi connectivity index (χ1n) is 6.13. The lowest BCUT2D eigenvalue weighted by Crippen LogP contribution is -2.46. The van der Waals surface area contributed by atoms with Crippen LogP contribution in [-0.4, -0.2) is 41.6 Å². The molecule has 1 aliphatic rings. The van der Waals surface area contributed by atoms with Crippen LogP contribution >= 0.6 is 0 Å². The molecule has 0 aromatic carbocycles. The van der Waals surface area contributed by atoms with Gasteiger partial charge in [0.05, 0.1) is 24.4 Å². The zero-order valence-corrected chi connectivity index (χ0v) is 10.6. The number of carbonyl (C=O) groups is 1. The maximum absolute atomic E-state index is 12.3. The first kappa shape index (κ1) is 13.0. The number of hydrogen-bond donors (Lipinski definition) is 1. The summed E-state index contributed by atoms with van der Waals surface area (Å²) in [7, 11) is 1.62. The molecule has 0 saturated heterocycles. The van der Waals surface area contributed by atoms with Gasteiger partial charge in [0.1, 0.15) is 0 Å². The van der Waals surface area contributed by atoms with Crippen molar-refractivity contribution >= 4 is 5.91 Å². The van der Waals surface area contributed by atoms with E-state index >= 15 is 0 Å². The first-order chi connectivity index (χ1) is 8.65. The van der Waals surface area contributed by atoms with E-state index in [4.69, 9.17) is 10.5 Å². The third-order valence-electron chi connectivity index (χ3n) is 3.15. The summed E-state index contributed by atoms with van der Waals surface area (Å²) in [4.78, 5) is 18.2. The van der Waals surface area contributed by atoms with Gasteiger partial charge in [0.25, 0.3) is 0 Å². The molecule has 5 heteroatoms. The van der Waals surface area contributed by atoms with Crippen LogP contribution < -0.4 is 5.73 Å². The van der Waals surface area contributed by atoms with Gasteiger partial charge in [-0.15, -0.1) is 0 Å². The second kappa shape index (κ2) is 5.46. The molecule has 98 valence electrons. The molecule has 1 aliphatic carbocycles. The number of methoxy groups -OCH3 is 1. The number of nitrogens with two attached hydrogens (primary N) is 1. The summed E-state index contributed by atoms with van der Waals surface area (Å²) >= 11 is 0. The minimum atomic E-state index is -0.636. The number of carbonyl (C=O) groups excluding carboxylic acids is 1. The fraction of sp³-hybridized carbons (Fsp3) is 0.538. The third kappa shape index (κ3) is 3.05. The maximum atomic E-state index is 12.3. The zero-order chi connectivity index (χ0) is 13.0. The first-order valence-corrected chi connectivity index (χ1v) is 6.13. The van der Waals surface area contributed by atoms with Crippen molar-refractivity contribution in [2.24, 2.45) is 5.73 Å². The van der Waals surface area contributed by atoms with Gasteiger partial charge in [-0.2, -0.15) is 0 Å². The number of aromatic nitrogens is 1. The number of pyridine rings is 1. The maximum Gasteiger partial charge on any atom is 0.243 e. The van der Waals surface area contributed by atoms with Gasteiger partial charge in [-0.05, 0) is 25.0 Å². The smallest absolute Gasteiger partial charge is 0.243 e. The van der Waals surface area contributed by atoms with E-state index in [9.17, 15) is 4.79 Å². The second-order valence-corrected chi connectivity index (χ2v) is 4.70. The van der Waals surface area contributed by atoms with Crippen molar-refractivity contribution in [1.82, 2.24) is 9.88 Å². The average molecular weight is 249 g/mol. The van der Waals surface area contributed by atoms with Crippen molar-refractivity contribution in [1.29, 1.82) is 0 Å².